The number of amides is 1. The van der Waals surface area contributed by atoms with Gasteiger partial charge in [-0.05, 0) is 38.7 Å². The van der Waals surface area contributed by atoms with Gasteiger partial charge in [-0.2, -0.15) is 0 Å². The van der Waals surface area contributed by atoms with Gasteiger partial charge in [0.05, 0.1) is 9.77 Å². The molecular formula is C13H18ClNO4S2. The molecule has 1 aromatic rings. The van der Waals surface area contributed by atoms with Gasteiger partial charge >= 0.3 is 0 Å². The maximum absolute atomic E-state index is 12.2. The smallest absolute Gasteiger partial charge is 0.262 e. The third-order valence-corrected chi connectivity index (χ3v) is 6.32. The summed E-state index contributed by atoms with van der Waals surface area (Å²) in [4.78, 5) is 13.1. The van der Waals surface area contributed by atoms with Crippen molar-refractivity contribution in [1.82, 2.24) is 5.32 Å². The lowest BCUT2D eigenvalue weighted by atomic mass is 9.93. The molecular weight excluding hydrogens is 334 g/mol. The normalized spacial score (nSPS) is 18.4. The fourth-order valence-corrected chi connectivity index (χ4v) is 5.00. The fraction of sp³-hybridized carbons (Fsp3) is 0.615. The van der Waals surface area contributed by atoms with Crippen molar-refractivity contribution in [3.63, 3.8) is 0 Å². The minimum Gasteiger partial charge on any atom is -0.381 e. The summed E-state index contributed by atoms with van der Waals surface area (Å²) in [5, 5.41) is 2.94. The Morgan fingerprint density at radius 2 is 2.10 bits per heavy atom. The quantitative estimate of drug-likeness (QED) is 0.846. The lowest BCUT2D eigenvalue weighted by molar-refractivity contribution is 0.0539. The van der Waals surface area contributed by atoms with Gasteiger partial charge in [0.15, 0.2) is 0 Å². The average Bonchev–Trinajstić information content (AvgIpc) is 2.82. The van der Waals surface area contributed by atoms with Gasteiger partial charge in [0, 0.05) is 34.8 Å². The number of hydrogen-bond donors (Lipinski definition) is 1. The second kappa shape index (κ2) is 6.64. The molecule has 1 N–H and O–H groups in total. The van der Waals surface area contributed by atoms with Crippen molar-refractivity contribution < 1.29 is 17.9 Å². The van der Waals surface area contributed by atoms with E-state index < -0.39 is 9.05 Å². The van der Waals surface area contributed by atoms with E-state index in [9.17, 15) is 13.2 Å². The Kier molecular flexibility index (Phi) is 5.29. The second-order valence-corrected chi connectivity index (χ2v) is 8.97. The molecule has 0 spiro atoms. The van der Waals surface area contributed by atoms with Crippen molar-refractivity contribution in [2.75, 3.05) is 13.2 Å². The molecule has 1 aliphatic heterocycles. The molecule has 118 valence electrons. The summed E-state index contributed by atoms with van der Waals surface area (Å²) < 4.78 is 28.1. The molecule has 1 fully saturated rings. The topological polar surface area (TPSA) is 72.5 Å². The van der Waals surface area contributed by atoms with Crippen molar-refractivity contribution in [3.05, 3.63) is 15.8 Å². The Labute approximate surface area is 133 Å². The standard InChI is InChI=1S/C13H18ClNO4S2/c1-8(10-3-5-19-6-4-10)15-13(16)11-7-12(9(2)20-11)21(14,17)18/h7-8,10H,3-6H2,1-2H3,(H,15,16). The summed E-state index contributed by atoms with van der Waals surface area (Å²) >= 11 is 1.14. The highest BCUT2D eigenvalue weighted by Gasteiger charge is 2.24. The highest BCUT2D eigenvalue weighted by molar-refractivity contribution is 8.13. The molecule has 21 heavy (non-hydrogen) atoms. The first-order chi connectivity index (χ1) is 9.79. The van der Waals surface area contributed by atoms with Crippen LogP contribution in [-0.2, 0) is 13.8 Å². The van der Waals surface area contributed by atoms with Gasteiger partial charge in [0.25, 0.3) is 15.0 Å². The number of thiophene rings is 1. The minimum absolute atomic E-state index is 0.0121. The van der Waals surface area contributed by atoms with Gasteiger partial charge in [0.2, 0.25) is 0 Å². The van der Waals surface area contributed by atoms with Crippen LogP contribution >= 0.6 is 22.0 Å². The van der Waals surface area contributed by atoms with Crippen LogP contribution in [0, 0.1) is 12.8 Å². The number of halogens is 1. The van der Waals surface area contributed by atoms with Crippen molar-refractivity contribution in [1.29, 1.82) is 0 Å². The van der Waals surface area contributed by atoms with Crippen LogP contribution in [0.4, 0.5) is 0 Å². The number of carbonyl (C=O) groups is 1. The van der Waals surface area contributed by atoms with Gasteiger partial charge in [-0.25, -0.2) is 8.42 Å². The van der Waals surface area contributed by atoms with Crippen LogP contribution in [0.1, 0.15) is 34.3 Å². The highest BCUT2D eigenvalue weighted by atomic mass is 35.7. The zero-order valence-electron chi connectivity index (χ0n) is 11.9. The van der Waals surface area contributed by atoms with E-state index >= 15 is 0 Å². The van der Waals surface area contributed by atoms with E-state index in [1.807, 2.05) is 6.92 Å². The van der Waals surface area contributed by atoms with Gasteiger partial charge in [-0.3, -0.25) is 4.79 Å². The number of ether oxygens (including phenoxy) is 1. The SMILES string of the molecule is Cc1sc(C(=O)NC(C)C2CCOCC2)cc1S(=O)(=O)Cl. The van der Waals surface area contributed by atoms with Crippen LogP contribution in [0.3, 0.4) is 0 Å². The van der Waals surface area contributed by atoms with Crippen LogP contribution in [-0.4, -0.2) is 33.6 Å². The van der Waals surface area contributed by atoms with Gasteiger partial charge in [0.1, 0.15) is 0 Å². The number of nitrogens with one attached hydrogen (secondary N) is 1. The van der Waals surface area contributed by atoms with Gasteiger partial charge < -0.3 is 10.1 Å². The van der Waals surface area contributed by atoms with Crippen LogP contribution in [0.2, 0.25) is 0 Å². The molecule has 0 radical (unpaired) electrons. The maximum Gasteiger partial charge on any atom is 0.262 e. The van der Waals surface area contributed by atoms with Crippen LogP contribution < -0.4 is 5.32 Å². The molecule has 0 saturated carbocycles. The first-order valence-electron chi connectivity index (χ1n) is 6.72. The number of hydrogen-bond acceptors (Lipinski definition) is 5. The average molecular weight is 352 g/mol. The van der Waals surface area contributed by atoms with E-state index in [-0.39, 0.29) is 16.8 Å². The van der Waals surface area contributed by atoms with Crippen molar-refractivity contribution in [2.45, 2.75) is 37.6 Å². The van der Waals surface area contributed by atoms with E-state index in [1.54, 1.807) is 6.92 Å². The monoisotopic (exact) mass is 351 g/mol. The van der Waals surface area contributed by atoms with Crippen LogP contribution in [0.5, 0.6) is 0 Å². The fourth-order valence-electron chi connectivity index (χ4n) is 2.43. The zero-order valence-corrected chi connectivity index (χ0v) is 14.3. The molecule has 8 heteroatoms. The summed E-state index contributed by atoms with van der Waals surface area (Å²) in [6.07, 6.45) is 1.85. The first kappa shape index (κ1) is 16.7. The maximum atomic E-state index is 12.2. The van der Waals surface area contributed by atoms with E-state index in [2.05, 4.69) is 5.32 Å². The van der Waals surface area contributed by atoms with E-state index in [0.29, 0.717) is 15.7 Å². The Morgan fingerprint density at radius 3 is 2.62 bits per heavy atom. The number of aryl methyl sites for hydroxylation is 1. The van der Waals surface area contributed by atoms with Crippen molar-refractivity contribution in [3.8, 4) is 0 Å². The third kappa shape index (κ3) is 4.18. The lowest BCUT2D eigenvalue weighted by Gasteiger charge is -2.28. The first-order valence-corrected chi connectivity index (χ1v) is 9.85. The minimum atomic E-state index is -3.81. The molecule has 1 atom stereocenters. The second-order valence-electron chi connectivity index (χ2n) is 5.18. The Bertz CT molecular complexity index is 620. The Morgan fingerprint density at radius 1 is 1.48 bits per heavy atom. The van der Waals surface area contributed by atoms with E-state index in [4.69, 9.17) is 15.4 Å². The van der Waals surface area contributed by atoms with E-state index in [1.165, 1.54) is 6.07 Å². The summed E-state index contributed by atoms with van der Waals surface area (Å²) in [6, 6.07) is 1.37. The molecule has 1 aliphatic rings. The van der Waals surface area contributed by atoms with Gasteiger partial charge in [-0.1, -0.05) is 0 Å². The number of carbonyl (C=O) groups excluding carboxylic acids is 1. The van der Waals surface area contributed by atoms with Crippen LogP contribution in [0.25, 0.3) is 0 Å². The summed E-state index contributed by atoms with van der Waals surface area (Å²) in [7, 11) is 1.53. The molecule has 5 nitrogen and oxygen atoms in total. The predicted molar refractivity (Wildman–Crippen MR) is 82.6 cm³/mol. The Hall–Kier alpha value is -0.630. The van der Waals surface area contributed by atoms with Crippen LogP contribution in [0.15, 0.2) is 11.0 Å². The largest absolute Gasteiger partial charge is 0.381 e. The van der Waals surface area contributed by atoms with Crippen molar-refractivity contribution >= 4 is 37.0 Å². The van der Waals surface area contributed by atoms with E-state index in [0.717, 1.165) is 37.4 Å². The third-order valence-electron chi connectivity index (χ3n) is 3.69. The van der Waals surface area contributed by atoms with Gasteiger partial charge in [-0.15, -0.1) is 11.3 Å². The molecule has 1 saturated heterocycles. The Balaban J connectivity index is 2.06. The lowest BCUT2D eigenvalue weighted by Crippen LogP contribution is -2.40. The highest BCUT2D eigenvalue weighted by Crippen LogP contribution is 2.28. The molecule has 0 aromatic carbocycles. The molecule has 0 bridgehead atoms. The molecule has 0 aliphatic carbocycles. The molecule has 1 unspecified atom stereocenters. The summed E-state index contributed by atoms with van der Waals surface area (Å²) in [6.45, 7) is 5.04. The molecule has 2 heterocycles. The summed E-state index contributed by atoms with van der Waals surface area (Å²) in [5.41, 5.74) is 0. The molecule has 1 aromatic heterocycles. The molecule has 1 amide bonds. The van der Waals surface area contributed by atoms with Crippen molar-refractivity contribution in [2.24, 2.45) is 5.92 Å². The number of rotatable bonds is 4. The predicted octanol–water partition coefficient (Wildman–Crippen LogP) is 2.53. The zero-order chi connectivity index (χ0) is 15.6. The molecule has 2 rings (SSSR count). The summed E-state index contributed by atoms with van der Waals surface area (Å²) in [5.74, 6) is 0.133.